The Kier molecular flexibility index (Phi) is 5.81. The molecular formula is C23H30N4O2+2. The maximum Gasteiger partial charge on any atom is 0.291 e. The summed E-state index contributed by atoms with van der Waals surface area (Å²) in [6.45, 7) is 10.3. The van der Waals surface area contributed by atoms with Gasteiger partial charge in [0.2, 0.25) is 0 Å². The number of aromatic nitrogens is 1. The van der Waals surface area contributed by atoms with E-state index >= 15 is 0 Å². The summed E-state index contributed by atoms with van der Waals surface area (Å²) in [4.78, 5) is 5.07. The highest BCUT2D eigenvalue weighted by Gasteiger charge is 2.34. The lowest BCUT2D eigenvalue weighted by atomic mass is 9.87. The van der Waals surface area contributed by atoms with Crippen molar-refractivity contribution in [2.75, 3.05) is 44.7 Å². The van der Waals surface area contributed by atoms with Crippen molar-refractivity contribution >= 4 is 5.82 Å². The number of morpholine rings is 1. The number of fused-ring (bicyclic) bond motifs is 1. The lowest BCUT2D eigenvalue weighted by molar-refractivity contribution is -0.906. The molecule has 6 heteroatoms. The van der Waals surface area contributed by atoms with Crippen molar-refractivity contribution in [2.24, 2.45) is 0 Å². The zero-order chi connectivity index (χ0) is 20.3. The van der Waals surface area contributed by atoms with Crippen molar-refractivity contribution < 1.29 is 19.4 Å². The van der Waals surface area contributed by atoms with E-state index in [1.807, 2.05) is 18.2 Å². The summed E-state index contributed by atoms with van der Waals surface area (Å²) in [5.41, 5.74) is 4.78. The van der Waals surface area contributed by atoms with Crippen LogP contribution in [-0.4, -0.2) is 45.0 Å². The third-order valence-corrected chi connectivity index (χ3v) is 5.83. The normalized spacial score (nSPS) is 18.7. The average Bonchev–Trinajstić information content (AvgIpc) is 2.74. The second-order valence-corrected chi connectivity index (χ2v) is 8.45. The summed E-state index contributed by atoms with van der Waals surface area (Å²) in [6, 6.07) is 12.7. The van der Waals surface area contributed by atoms with E-state index in [2.05, 4.69) is 42.4 Å². The van der Waals surface area contributed by atoms with Crippen LogP contribution in [-0.2, 0) is 22.5 Å². The summed E-state index contributed by atoms with van der Waals surface area (Å²) in [5, 5.41) is 13.5. The number of pyridine rings is 1. The van der Waals surface area contributed by atoms with Crippen molar-refractivity contribution in [1.82, 2.24) is 0 Å². The minimum absolute atomic E-state index is 0.275. The van der Waals surface area contributed by atoms with Gasteiger partial charge in [0.25, 0.3) is 5.82 Å². The smallest absolute Gasteiger partial charge is 0.291 e. The van der Waals surface area contributed by atoms with Crippen LogP contribution in [0.5, 0.6) is 0 Å². The van der Waals surface area contributed by atoms with E-state index in [0.29, 0.717) is 12.2 Å². The Bertz CT molecular complexity index is 899. The topological polar surface area (TPSA) is 72.9 Å². The van der Waals surface area contributed by atoms with Gasteiger partial charge in [-0.2, -0.15) is 5.26 Å². The van der Waals surface area contributed by atoms with Crippen LogP contribution in [0, 0.1) is 11.3 Å². The quantitative estimate of drug-likeness (QED) is 0.800. The molecule has 1 aromatic heterocycles. The van der Waals surface area contributed by atoms with Gasteiger partial charge in [0.1, 0.15) is 43.5 Å². The van der Waals surface area contributed by atoms with Gasteiger partial charge in [-0.15, -0.1) is 0 Å². The average molecular weight is 395 g/mol. The number of H-pyrrole nitrogens is 1. The highest BCUT2D eigenvalue weighted by atomic mass is 16.5. The van der Waals surface area contributed by atoms with Crippen LogP contribution >= 0.6 is 0 Å². The minimum Gasteiger partial charge on any atom is -0.370 e. The molecule has 0 saturated carbocycles. The molecule has 6 nitrogen and oxygen atoms in total. The number of ether oxygens (including phenoxy) is 2. The molecule has 3 N–H and O–H groups in total. The van der Waals surface area contributed by atoms with E-state index in [1.54, 1.807) is 0 Å². The van der Waals surface area contributed by atoms with Gasteiger partial charge in [0, 0.05) is 17.5 Å². The number of anilines is 1. The van der Waals surface area contributed by atoms with E-state index < -0.39 is 0 Å². The van der Waals surface area contributed by atoms with Crippen LogP contribution in [0.4, 0.5) is 5.82 Å². The summed E-state index contributed by atoms with van der Waals surface area (Å²) >= 11 is 0. The number of nitriles is 1. The Morgan fingerprint density at radius 3 is 2.66 bits per heavy atom. The van der Waals surface area contributed by atoms with Crippen molar-refractivity contribution in [3.8, 4) is 17.3 Å². The summed E-state index contributed by atoms with van der Waals surface area (Å²) in [6.07, 6.45) is 0.725. The summed E-state index contributed by atoms with van der Waals surface area (Å²) in [5.74, 6) is 0.815. The van der Waals surface area contributed by atoms with Gasteiger partial charge in [0.15, 0.2) is 0 Å². The molecule has 4 rings (SSSR count). The minimum atomic E-state index is -0.275. The molecule has 29 heavy (non-hydrogen) atoms. The number of nitrogens with zero attached hydrogens (tertiary/aromatic N) is 1. The molecule has 0 radical (unpaired) electrons. The predicted molar refractivity (Wildman–Crippen MR) is 111 cm³/mol. The van der Waals surface area contributed by atoms with Gasteiger partial charge in [-0.1, -0.05) is 30.3 Å². The Hall–Kier alpha value is -2.46. The molecule has 1 fully saturated rings. The number of hydrogen-bond donors (Lipinski definition) is 2. The Morgan fingerprint density at radius 2 is 1.93 bits per heavy atom. The SMILES string of the molecule is CC1(C)Cc2c(C#N)c(NCC[NH+]3CCOCC3)[nH+]c(-c3ccccc3)c2CO1. The van der Waals surface area contributed by atoms with E-state index in [-0.39, 0.29) is 5.60 Å². The highest BCUT2D eigenvalue weighted by molar-refractivity contribution is 5.67. The fraction of sp³-hybridized carbons (Fsp3) is 0.478. The molecule has 0 spiro atoms. The highest BCUT2D eigenvalue weighted by Crippen LogP contribution is 2.35. The number of benzene rings is 1. The van der Waals surface area contributed by atoms with Gasteiger partial charge in [-0.25, -0.2) is 4.98 Å². The molecule has 0 bridgehead atoms. The van der Waals surface area contributed by atoms with Gasteiger partial charge in [0.05, 0.1) is 25.4 Å². The van der Waals surface area contributed by atoms with E-state index in [1.165, 1.54) is 4.90 Å². The molecule has 0 aliphatic carbocycles. The van der Waals surface area contributed by atoms with E-state index in [0.717, 1.165) is 74.0 Å². The molecule has 3 heterocycles. The van der Waals surface area contributed by atoms with Gasteiger partial charge in [-0.3, -0.25) is 5.32 Å². The first-order valence-electron chi connectivity index (χ1n) is 10.4. The molecular weight excluding hydrogens is 364 g/mol. The van der Waals surface area contributed by atoms with Gasteiger partial charge in [-0.05, 0) is 19.4 Å². The summed E-state index contributed by atoms with van der Waals surface area (Å²) < 4.78 is 11.5. The zero-order valence-electron chi connectivity index (χ0n) is 17.3. The van der Waals surface area contributed by atoms with Crippen molar-refractivity contribution in [3.63, 3.8) is 0 Å². The van der Waals surface area contributed by atoms with Crippen LogP contribution in [0.15, 0.2) is 30.3 Å². The number of aromatic amines is 1. The van der Waals surface area contributed by atoms with E-state index in [4.69, 9.17) is 9.47 Å². The molecule has 2 aromatic rings. The second kappa shape index (κ2) is 8.50. The predicted octanol–water partition coefficient (Wildman–Crippen LogP) is 1.22. The number of nitrogens with one attached hydrogen (secondary N) is 3. The molecule has 0 unspecified atom stereocenters. The molecule has 2 aliphatic heterocycles. The fourth-order valence-corrected chi connectivity index (χ4v) is 4.20. The number of quaternary nitrogens is 1. The molecule has 0 atom stereocenters. The van der Waals surface area contributed by atoms with Crippen LogP contribution in [0.2, 0.25) is 0 Å². The van der Waals surface area contributed by atoms with Crippen LogP contribution in [0.1, 0.15) is 30.5 Å². The van der Waals surface area contributed by atoms with Crippen molar-refractivity contribution in [3.05, 3.63) is 47.0 Å². The Morgan fingerprint density at radius 1 is 1.17 bits per heavy atom. The third-order valence-electron chi connectivity index (χ3n) is 5.83. The summed E-state index contributed by atoms with van der Waals surface area (Å²) in [7, 11) is 0. The Balaban J connectivity index is 1.67. The Labute approximate surface area is 172 Å². The molecule has 1 saturated heterocycles. The monoisotopic (exact) mass is 394 g/mol. The third kappa shape index (κ3) is 4.43. The maximum atomic E-state index is 9.98. The maximum absolute atomic E-state index is 9.98. The fourth-order valence-electron chi connectivity index (χ4n) is 4.20. The molecule has 2 aliphatic rings. The van der Waals surface area contributed by atoms with E-state index in [9.17, 15) is 5.26 Å². The van der Waals surface area contributed by atoms with Gasteiger partial charge >= 0.3 is 0 Å². The first-order valence-corrected chi connectivity index (χ1v) is 10.4. The first-order chi connectivity index (χ1) is 14.1. The molecule has 1 aromatic carbocycles. The first kappa shape index (κ1) is 19.8. The standard InChI is InChI=1S/C23H28N4O2/c1-23(2)14-18-19(15-24)22(25-8-9-27-10-12-28-13-11-27)26-21(20(18)16-29-23)17-6-4-3-5-7-17/h3-7H,8-14,16H2,1-2H3,(H,25,26)/p+2. The zero-order valence-corrected chi connectivity index (χ0v) is 17.3. The number of rotatable bonds is 5. The number of hydrogen-bond acceptors (Lipinski definition) is 4. The van der Waals surface area contributed by atoms with Crippen LogP contribution in [0.3, 0.4) is 0 Å². The molecule has 152 valence electrons. The lowest BCUT2D eigenvalue weighted by Crippen LogP contribution is -3.14. The second-order valence-electron chi connectivity index (χ2n) is 8.45. The van der Waals surface area contributed by atoms with Crippen LogP contribution < -0.4 is 15.2 Å². The van der Waals surface area contributed by atoms with Crippen molar-refractivity contribution in [1.29, 1.82) is 5.26 Å². The van der Waals surface area contributed by atoms with Crippen LogP contribution in [0.25, 0.3) is 11.3 Å². The molecule has 0 amide bonds. The van der Waals surface area contributed by atoms with Crippen molar-refractivity contribution in [2.45, 2.75) is 32.5 Å². The van der Waals surface area contributed by atoms with Gasteiger partial charge < -0.3 is 14.4 Å². The lowest BCUT2D eigenvalue weighted by Gasteiger charge is -2.32. The largest absolute Gasteiger partial charge is 0.370 e.